The fourth-order valence-electron chi connectivity index (χ4n) is 3.90. The van der Waals surface area contributed by atoms with Gasteiger partial charge in [-0.1, -0.05) is 54.2 Å². The van der Waals surface area contributed by atoms with Crippen molar-refractivity contribution in [1.29, 1.82) is 0 Å². The number of nitrogens with one attached hydrogen (secondary N) is 2. The first-order valence-corrected chi connectivity index (χ1v) is 12.3. The number of halogens is 1. The average molecular weight is 479 g/mol. The van der Waals surface area contributed by atoms with Gasteiger partial charge in [0.05, 0.1) is 10.3 Å². The fourth-order valence-corrected chi connectivity index (χ4v) is 5.22. The molecule has 3 rings (SSSR count). The molecule has 0 atom stereocenters. The lowest BCUT2D eigenvalue weighted by atomic mass is 9.68. The summed E-state index contributed by atoms with van der Waals surface area (Å²) in [5, 5.41) is 3.07. The molecule has 5 nitrogen and oxygen atoms in total. The molecule has 1 saturated carbocycles. The van der Waals surface area contributed by atoms with Gasteiger partial charge in [-0.05, 0) is 61.2 Å². The predicted octanol–water partition coefficient (Wildman–Crippen LogP) is 4.98. The fraction of sp³-hybridized carbons (Fsp3) is 0.409. The molecule has 2 aromatic carbocycles. The molecule has 0 unspecified atom stereocenters. The highest BCUT2D eigenvalue weighted by Gasteiger charge is 2.40. The molecule has 0 bridgehead atoms. The van der Waals surface area contributed by atoms with Crippen molar-refractivity contribution in [2.75, 3.05) is 11.3 Å². The Morgan fingerprint density at radius 3 is 2.21 bits per heavy atom. The second kappa shape index (κ2) is 9.30. The molecule has 1 fully saturated rings. The number of anilines is 1. The summed E-state index contributed by atoms with van der Waals surface area (Å²) in [7, 11) is -3.66. The summed E-state index contributed by atoms with van der Waals surface area (Å²) in [5.74, 6) is 0.0854. The minimum absolute atomic E-state index is 0.0854. The first-order chi connectivity index (χ1) is 13.9. The van der Waals surface area contributed by atoms with Crippen molar-refractivity contribution in [2.24, 2.45) is 0 Å². The molecule has 29 heavy (non-hydrogen) atoms. The number of rotatable bonds is 7. The van der Waals surface area contributed by atoms with Crippen LogP contribution >= 0.6 is 15.9 Å². The van der Waals surface area contributed by atoms with Crippen LogP contribution in [0.3, 0.4) is 0 Å². The van der Waals surface area contributed by atoms with Crippen molar-refractivity contribution in [1.82, 2.24) is 5.32 Å². The standard InChI is InChI=1S/C22H27BrN2O3S/c1-2-16-24-21(26)22(14-4-3-5-15-22)17-6-10-19(11-7-17)25-29(27,28)20-12-8-18(23)9-13-20/h6-13,25H,2-5,14-16H2,1H3,(H,24,26). The van der Waals surface area contributed by atoms with E-state index in [9.17, 15) is 13.2 Å². The lowest BCUT2D eigenvalue weighted by Crippen LogP contribution is -2.46. The third kappa shape index (κ3) is 5.01. The van der Waals surface area contributed by atoms with Gasteiger partial charge in [0, 0.05) is 16.7 Å². The maximum Gasteiger partial charge on any atom is 0.261 e. The molecule has 156 valence electrons. The van der Waals surface area contributed by atoms with E-state index in [1.54, 1.807) is 36.4 Å². The summed E-state index contributed by atoms with van der Waals surface area (Å²) in [6.07, 6.45) is 5.75. The summed E-state index contributed by atoms with van der Waals surface area (Å²) in [6, 6.07) is 13.8. The van der Waals surface area contributed by atoms with Crippen molar-refractivity contribution in [2.45, 2.75) is 55.8 Å². The smallest absolute Gasteiger partial charge is 0.261 e. The Labute approximate surface area is 181 Å². The van der Waals surface area contributed by atoms with Crippen molar-refractivity contribution >= 4 is 37.5 Å². The quantitative estimate of drug-likeness (QED) is 0.589. The number of carbonyl (C=O) groups excluding carboxylic acids is 1. The Hall–Kier alpha value is -1.86. The molecule has 0 saturated heterocycles. The van der Waals surface area contributed by atoms with Gasteiger partial charge in [0.1, 0.15) is 0 Å². The van der Waals surface area contributed by atoms with Gasteiger partial charge >= 0.3 is 0 Å². The van der Waals surface area contributed by atoms with Crippen LogP contribution in [-0.2, 0) is 20.2 Å². The molecule has 2 N–H and O–H groups in total. The highest BCUT2D eigenvalue weighted by Crippen LogP contribution is 2.40. The number of amides is 1. The third-order valence-electron chi connectivity index (χ3n) is 5.49. The Bertz CT molecular complexity index is 935. The molecule has 0 radical (unpaired) electrons. The second-order valence-electron chi connectivity index (χ2n) is 7.54. The van der Waals surface area contributed by atoms with E-state index in [4.69, 9.17) is 0 Å². The molecule has 7 heteroatoms. The first-order valence-electron chi connectivity index (χ1n) is 10.0. The molecular weight excluding hydrogens is 452 g/mol. The molecule has 0 spiro atoms. The summed E-state index contributed by atoms with van der Waals surface area (Å²) < 4.78 is 28.6. The Morgan fingerprint density at radius 2 is 1.62 bits per heavy atom. The minimum atomic E-state index is -3.66. The number of hydrogen-bond acceptors (Lipinski definition) is 3. The largest absolute Gasteiger partial charge is 0.355 e. The third-order valence-corrected chi connectivity index (χ3v) is 7.42. The van der Waals surface area contributed by atoms with Gasteiger partial charge in [0.15, 0.2) is 0 Å². The van der Waals surface area contributed by atoms with E-state index < -0.39 is 15.4 Å². The molecular formula is C22H27BrN2O3S. The van der Waals surface area contributed by atoms with E-state index in [1.165, 1.54) is 0 Å². The highest BCUT2D eigenvalue weighted by atomic mass is 79.9. The molecule has 1 aliphatic rings. The Kier molecular flexibility index (Phi) is 7.01. The average Bonchev–Trinajstić information content (AvgIpc) is 2.73. The van der Waals surface area contributed by atoms with Crippen LogP contribution in [0.1, 0.15) is 51.0 Å². The van der Waals surface area contributed by atoms with Crippen LogP contribution in [0, 0.1) is 0 Å². The number of benzene rings is 2. The van der Waals surface area contributed by atoms with Crippen molar-refractivity contribution in [3.8, 4) is 0 Å². The van der Waals surface area contributed by atoms with Gasteiger partial charge in [-0.3, -0.25) is 9.52 Å². The van der Waals surface area contributed by atoms with E-state index in [2.05, 4.69) is 26.0 Å². The van der Waals surface area contributed by atoms with Crippen LogP contribution < -0.4 is 10.0 Å². The van der Waals surface area contributed by atoms with Gasteiger partial charge < -0.3 is 5.32 Å². The first kappa shape index (κ1) is 21.8. The number of sulfonamides is 1. The van der Waals surface area contributed by atoms with Crippen molar-refractivity contribution < 1.29 is 13.2 Å². The summed E-state index contributed by atoms with van der Waals surface area (Å²) >= 11 is 3.31. The minimum Gasteiger partial charge on any atom is -0.355 e. The van der Waals surface area contributed by atoms with E-state index in [0.29, 0.717) is 12.2 Å². The van der Waals surface area contributed by atoms with Gasteiger partial charge in [-0.15, -0.1) is 0 Å². The number of hydrogen-bond donors (Lipinski definition) is 2. The van der Waals surface area contributed by atoms with Crippen molar-refractivity contribution in [3.63, 3.8) is 0 Å². The van der Waals surface area contributed by atoms with Gasteiger partial charge in [-0.25, -0.2) is 8.42 Å². The Balaban J connectivity index is 1.82. The maximum atomic E-state index is 13.0. The van der Waals surface area contributed by atoms with Crippen molar-refractivity contribution in [3.05, 3.63) is 58.6 Å². The van der Waals surface area contributed by atoms with E-state index in [1.807, 2.05) is 19.1 Å². The highest BCUT2D eigenvalue weighted by molar-refractivity contribution is 9.10. The zero-order chi connectivity index (χ0) is 20.9. The normalized spacial score (nSPS) is 16.2. The lowest BCUT2D eigenvalue weighted by molar-refractivity contribution is -0.128. The second-order valence-corrected chi connectivity index (χ2v) is 10.1. The summed E-state index contributed by atoms with van der Waals surface area (Å²) in [4.78, 5) is 13.2. The van der Waals surface area contributed by atoms with E-state index >= 15 is 0 Å². The summed E-state index contributed by atoms with van der Waals surface area (Å²) in [6.45, 7) is 2.71. The monoisotopic (exact) mass is 478 g/mol. The molecule has 0 aromatic heterocycles. The molecule has 2 aromatic rings. The van der Waals surface area contributed by atoms with Crippen LogP contribution in [0.15, 0.2) is 57.9 Å². The van der Waals surface area contributed by atoms with Crippen LogP contribution in [-0.4, -0.2) is 20.9 Å². The topological polar surface area (TPSA) is 75.3 Å². The van der Waals surface area contributed by atoms with E-state index in [-0.39, 0.29) is 10.8 Å². The molecule has 1 amide bonds. The number of carbonyl (C=O) groups is 1. The SMILES string of the molecule is CCCNC(=O)C1(c2ccc(NS(=O)(=O)c3ccc(Br)cc3)cc2)CCCCC1. The molecule has 0 aliphatic heterocycles. The Morgan fingerprint density at radius 1 is 1.00 bits per heavy atom. The summed E-state index contributed by atoms with van der Waals surface area (Å²) in [5.41, 5.74) is 0.922. The zero-order valence-electron chi connectivity index (χ0n) is 16.6. The molecule has 1 aliphatic carbocycles. The van der Waals surface area contributed by atoms with Crippen LogP contribution in [0.2, 0.25) is 0 Å². The van der Waals surface area contributed by atoms with E-state index in [0.717, 1.165) is 48.6 Å². The van der Waals surface area contributed by atoms with Gasteiger partial charge in [-0.2, -0.15) is 0 Å². The maximum absolute atomic E-state index is 13.0. The predicted molar refractivity (Wildman–Crippen MR) is 119 cm³/mol. The van der Waals surface area contributed by atoms with Crippen LogP contribution in [0.25, 0.3) is 0 Å². The van der Waals surface area contributed by atoms with Crippen LogP contribution in [0.5, 0.6) is 0 Å². The zero-order valence-corrected chi connectivity index (χ0v) is 19.0. The van der Waals surface area contributed by atoms with Crippen LogP contribution in [0.4, 0.5) is 5.69 Å². The molecule has 0 heterocycles. The van der Waals surface area contributed by atoms with Gasteiger partial charge in [0.25, 0.3) is 10.0 Å². The lowest BCUT2D eigenvalue weighted by Gasteiger charge is -2.36. The van der Waals surface area contributed by atoms with Gasteiger partial charge in [0.2, 0.25) is 5.91 Å².